The number of hydrogen-bond acceptors (Lipinski definition) is 3. The first-order chi connectivity index (χ1) is 3.00. The van der Waals surface area contributed by atoms with E-state index in [1.165, 1.54) is 0 Å². The van der Waals surface area contributed by atoms with Crippen LogP contribution in [0.15, 0.2) is 0 Å². The molecular formula is H3O6P. The Labute approximate surface area is 38.2 Å². The molecule has 0 fully saturated rings. The van der Waals surface area contributed by atoms with Gasteiger partial charge in [-0.05, 0) is 0 Å². The third-order valence-electron chi connectivity index (χ3n) is 0. The minimum Gasteiger partial charge on any atom is -0.303 e. The molecule has 0 radical (unpaired) electrons. The second-order valence-corrected chi connectivity index (χ2v) is 1.54. The van der Waals surface area contributed by atoms with Gasteiger partial charge in [0.15, 0.2) is 0 Å². The fraction of sp³-hybridized carbons (Fsp3) is 0. The zero-order valence-corrected chi connectivity index (χ0v) is 3.91. The minimum absolute atomic E-state index is 4.64. The molecule has 44 valence electrons. The third kappa shape index (κ3) is 935. The maximum atomic E-state index is 8.88. The van der Waals surface area contributed by atoms with E-state index in [4.69, 9.17) is 29.2 Å². The molecule has 3 N–H and O–H groups in total. The molecule has 0 aromatic rings. The zero-order chi connectivity index (χ0) is 6.50. The van der Waals surface area contributed by atoms with Gasteiger partial charge in [0.2, 0.25) is 0 Å². The number of rotatable bonds is 0. The molecule has 0 aliphatic rings. The van der Waals surface area contributed by atoms with E-state index < -0.39 is 7.82 Å². The van der Waals surface area contributed by atoms with E-state index in [2.05, 4.69) is 0 Å². The van der Waals surface area contributed by atoms with Crippen molar-refractivity contribution in [1.82, 2.24) is 0 Å². The van der Waals surface area contributed by atoms with Gasteiger partial charge in [0, 0.05) is 9.93 Å². The predicted octanol–water partition coefficient (Wildman–Crippen LogP) is -0.862. The molecule has 0 rings (SSSR count). The molecule has 0 aliphatic carbocycles. The van der Waals surface area contributed by atoms with Crippen LogP contribution in [0.2, 0.25) is 0 Å². The van der Waals surface area contributed by atoms with Crippen LogP contribution in [0.5, 0.6) is 0 Å². The lowest BCUT2D eigenvalue weighted by molar-refractivity contribution is 0.275. The first-order valence-corrected chi connectivity index (χ1v) is 2.51. The van der Waals surface area contributed by atoms with Gasteiger partial charge in [-0.3, -0.25) is 0 Å². The molecule has 0 spiro atoms. The summed E-state index contributed by atoms with van der Waals surface area (Å²) in [4.78, 5) is 35.6. The lowest BCUT2D eigenvalue weighted by Gasteiger charge is -1.82. The highest BCUT2D eigenvalue weighted by Gasteiger charge is 2.00. The topological polar surface area (TPSA) is 112 Å². The summed E-state index contributed by atoms with van der Waals surface area (Å²) < 4.78 is 8.88. The number of hydrogen-bond donors (Lipinski definition) is 3. The van der Waals surface area contributed by atoms with Crippen molar-refractivity contribution in [3.8, 4) is 0 Å². The van der Waals surface area contributed by atoms with E-state index in [0.717, 1.165) is 0 Å². The van der Waals surface area contributed by atoms with Gasteiger partial charge in [0.25, 0.3) is 0 Å². The number of phosphoric acid groups is 1. The molecule has 0 aromatic carbocycles. The summed E-state index contributed by atoms with van der Waals surface area (Å²) in [6.07, 6.45) is 0. The van der Waals surface area contributed by atoms with E-state index in [-0.39, 0.29) is 0 Å². The monoisotopic (exact) mass is 130 g/mol. The Balaban J connectivity index is 0. The largest absolute Gasteiger partial charge is 0.466 e. The highest BCUT2D eigenvalue weighted by atomic mass is 31.2. The Morgan fingerprint density at radius 2 is 1.00 bits per heavy atom. The summed E-state index contributed by atoms with van der Waals surface area (Å²) in [5.74, 6) is 0. The van der Waals surface area contributed by atoms with Crippen molar-refractivity contribution in [3.05, 3.63) is 9.93 Å². The molecule has 0 saturated heterocycles. The van der Waals surface area contributed by atoms with Crippen LogP contribution in [-0.2, 0) is 4.57 Å². The molecule has 0 atom stereocenters. The maximum Gasteiger partial charge on any atom is 0.466 e. The third-order valence-corrected chi connectivity index (χ3v) is 0. The van der Waals surface area contributed by atoms with Crippen molar-refractivity contribution >= 4 is 7.82 Å². The van der Waals surface area contributed by atoms with Gasteiger partial charge in [-0.1, -0.05) is 0 Å². The van der Waals surface area contributed by atoms with Gasteiger partial charge in [-0.2, -0.15) is 0 Å². The van der Waals surface area contributed by atoms with Crippen LogP contribution in [0.1, 0.15) is 0 Å². The standard InChI is InChI=1S/H3O4P.O2/c1-5(2,3)4;1-2/h(H3,1,2,3,4);. The average Bonchev–Trinajstić information content (AvgIpc) is 1.36. The molecule has 0 bridgehead atoms. The summed E-state index contributed by atoms with van der Waals surface area (Å²) >= 11 is 0. The van der Waals surface area contributed by atoms with Crippen molar-refractivity contribution in [2.75, 3.05) is 0 Å². The van der Waals surface area contributed by atoms with E-state index in [0.29, 0.717) is 0 Å². The summed E-state index contributed by atoms with van der Waals surface area (Å²) in [6, 6.07) is 0. The first-order valence-electron chi connectivity index (χ1n) is 0.949. The van der Waals surface area contributed by atoms with Gasteiger partial charge in [-0.15, -0.1) is 0 Å². The van der Waals surface area contributed by atoms with E-state index in [1.54, 1.807) is 0 Å². The lowest BCUT2D eigenvalue weighted by Crippen LogP contribution is -1.66. The highest BCUT2D eigenvalue weighted by Crippen LogP contribution is 2.25. The second-order valence-electron chi connectivity index (χ2n) is 0.513. The molecule has 6 nitrogen and oxygen atoms in total. The smallest absolute Gasteiger partial charge is 0.303 e. The van der Waals surface area contributed by atoms with E-state index in [9.17, 15) is 0 Å². The predicted molar refractivity (Wildman–Crippen MR) is 21.0 cm³/mol. The molecule has 7 heteroatoms. The highest BCUT2D eigenvalue weighted by molar-refractivity contribution is 7.45. The lowest BCUT2D eigenvalue weighted by atomic mass is 15.3. The van der Waals surface area contributed by atoms with Crippen molar-refractivity contribution in [3.63, 3.8) is 0 Å². The van der Waals surface area contributed by atoms with Crippen molar-refractivity contribution in [2.24, 2.45) is 0 Å². The molecule has 0 heterocycles. The Kier molecular flexibility index (Phi) is 5.47. The Morgan fingerprint density at radius 3 is 1.00 bits per heavy atom. The Bertz CT molecular complexity index is 60.0. The Morgan fingerprint density at radius 1 is 1.00 bits per heavy atom. The molecule has 7 heavy (non-hydrogen) atoms. The van der Waals surface area contributed by atoms with Crippen LogP contribution in [0.25, 0.3) is 0 Å². The van der Waals surface area contributed by atoms with Gasteiger partial charge >= 0.3 is 7.82 Å². The van der Waals surface area contributed by atoms with Crippen LogP contribution in [0.3, 0.4) is 0 Å². The fourth-order valence-electron chi connectivity index (χ4n) is 0. The average molecular weight is 130 g/mol. The van der Waals surface area contributed by atoms with E-state index in [1.807, 2.05) is 0 Å². The normalized spacial score (nSPS) is 9.00. The fourth-order valence-corrected chi connectivity index (χ4v) is 0. The van der Waals surface area contributed by atoms with Crippen molar-refractivity contribution < 1.29 is 19.2 Å². The van der Waals surface area contributed by atoms with Crippen LogP contribution >= 0.6 is 7.82 Å². The summed E-state index contributed by atoms with van der Waals surface area (Å²) in [6.45, 7) is 0. The molecule has 0 unspecified atom stereocenters. The van der Waals surface area contributed by atoms with Crippen molar-refractivity contribution in [1.29, 1.82) is 0 Å². The van der Waals surface area contributed by atoms with Crippen LogP contribution in [0.4, 0.5) is 0 Å². The molecule has 0 saturated carbocycles. The van der Waals surface area contributed by atoms with Gasteiger partial charge in [-0.25, -0.2) is 4.57 Å². The maximum absolute atomic E-state index is 8.88. The molecular weight excluding hydrogens is 127 g/mol. The molecule has 0 aliphatic heterocycles. The molecule has 0 aromatic heterocycles. The van der Waals surface area contributed by atoms with Crippen LogP contribution in [0, 0.1) is 9.93 Å². The summed E-state index contributed by atoms with van der Waals surface area (Å²) in [7, 11) is -4.64. The zero-order valence-electron chi connectivity index (χ0n) is 3.01. The van der Waals surface area contributed by atoms with Gasteiger partial charge in [0.1, 0.15) is 0 Å². The summed E-state index contributed by atoms with van der Waals surface area (Å²) in [5.41, 5.74) is 0. The van der Waals surface area contributed by atoms with Gasteiger partial charge in [0.05, 0.1) is 0 Å². The molecule has 0 amide bonds. The minimum atomic E-state index is -4.64. The van der Waals surface area contributed by atoms with Crippen molar-refractivity contribution in [2.45, 2.75) is 0 Å². The van der Waals surface area contributed by atoms with E-state index >= 15 is 0 Å². The summed E-state index contributed by atoms with van der Waals surface area (Å²) in [5, 5.41) is 0. The SMILES string of the molecule is O=O.O=P(O)(O)O. The first kappa shape index (κ1) is 9.86. The second kappa shape index (κ2) is 3.89. The quantitative estimate of drug-likeness (QED) is 0.367. The Hall–Kier alpha value is -0.290. The van der Waals surface area contributed by atoms with Crippen LogP contribution < -0.4 is 0 Å². The van der Waals surface area contributed by atoms with Crippen LogP contribution in [-0.4, -0.2) is 14.7 Å². The van der Waals surface area contributed by atoms with Gasteiger partial charge < -0.3 is 14.7 Å².